The van der Waals surface area contributed by atoms with E-state index < -0.39 is 23.4 Å². The summed E-state index contributed by atoms with van der Waals surface area (Å²) < 4.78 is 40.0. The Bertz CT molecular complexity index is 657. The molecular formula is C13H11F3N2O2. The molecule has 2 rings (SSSR count). The molecule has 1 N–H and O–H groups in total. The van der Waals surface area contributed by atoms with Crippen molar-refractivity contribution in [3.8, 4) is 5.69 Å². The third kappa shape index (κ3) is 2.38. The standard InChI is InChI=1S/C13H11F3N2O2/c1-7-3-5-9(6-4-7)18-11(13(14,15)16)10(12(19)20)8(2)17-18/h3-6H,1-2H3,(H,19,20). The number of benzene rings is 1. The van der Waals surface area contributed by atoms with E-state index in [0.717, 1.165) is 5.56 Å². The zero-order valence-electron chi connectivity index (χ0n) is 10.7. The average Bonchev–Trinajstić information content (AvgIpc) is 2.67. The van der Waals surface area contributed by atoms with E-state index in [4.69, 9.17) is 5.11 Å². The molecule has 0 aliphatic heterocycles. The summed E-state index contributed by atoms with van der Waals surface area (Å²) >= 11 is 0. The Labute approximate surface area is 112 Å². The third-order valence-electron chi connectivity index (χ3n) is 2.82. The molecule has 0 aliphatic carbocycles. The second kappa shape index (κ2) is 4.66. The van der Waals surface area contributed by atoms with Gasteiger partial charge < -0.3 is 5.11 Å². The highest BCUT2D eigenvalue weighted by atomic mass is 19.4. The number of hydrogen-bond donors (Lipinski definition) is 1. The van der Waals surface area contributed by atoms with Crippen LogP contribution in [0.4, 0.5) is 13.2 Å². The van der Waals surface area contributed by atoms with Gasteiger partial charge in [0.05, 0.1) is 11.4 Å². The van der Waals surface area contributed by atoms with Crippen LogP contribution in [0.25, 0.3) is 5.69 Å². The van der Waals surface area contributed by atoms with E-state index in [9.17, 15) is 18.0 Å². The summed E-state index contributed by atoms with van der Waals surface area (Å²) in [7, 11) is 0. The number of hydrogen-bond acceptors (Lipinski definition) is 2. The van der Waals surface area contributed by atoms with E-state index >= 15 is 0 Å². The number of carbonyl (C=O) groups is 1. The van der Waals surface area contributed by atoms with Gasteiger partial charge in [-0.25, -0.2) is 9.48 Å². The molecule has 1 aromatic carbocycles. The van der Waals surface area contributed by atoms with Crippen LogP contribution in [0.5, 0.6) is 0 Å². The summed E-state index contributed by atoms with van der Waals surface area (Å²) in [5.41, 5.74) is -1.22. The molecule has 0 bridgehead atoms. The molecule has 0 saturated carbocycles. The van der Waals surface area contributed by atoms with E-state index in [1.807, 2.05) is 0 Å². The lowest BCUT2D eigenvalue weighted by Gasteiger charge is -2.11. The predicted molar refractivity (Wildman–Crippen MR) is 65.0 cm³/mol. The SMILES string of the molecule is Cc1ccc(-n2nc(C)c(C(=O)O)c2C(F)(F)F)cc1. The molecule has 0 aliphatic rings. The Kier molecular flexibility index (Phi) is 3.29. The summed E-state index contributed by atoms with van der Waals surface area (Å²) in [6.45, 7) is 3.04. The molecular weight excluding hydrogens is 273 g/mol. The quantitative estimate of drug-likeness (QED) is 0.921. The topological polar surface area (TPSA) is 55.1 Å². The van der Waals surface area contributed by atoms with E-state index in [1.165, 1.54) is 19.1 Å². The molecule has 0 spiro atoms. The van der Waals surface area contributed by atoms with Crippen LogP contribution in [-0.2, 0) is 6.18 Å². The molecule has 7 heteroatoms. The zero-order chi connectivity index (χ0) is 15.1. The minimum Gasteiger partial charge on any atom is -0.478 e. The van der Waals surface area contributed by atoms with Crippen LogP contribution in [0.2, 0.25) is 0 Å². The molecule has 0 atom stereocenters. The molecule has 1 aromatic heterocycles. The minimum atomic E-state index is -4.81. The summed E-state index contributed by atoms with van der Waals surface area (Å²) in [5, 5.41) is 12.7. The predicted octanol–water partition coefficient (Wildman–Crippen LogP) is 3.21. The first-order valence-corrected chi connectivity index (χ1v) is 5.69. The number of aromatic nitrogens is 2. The highest BCUT2D eigenvalue weighted by Gasteiger charge is 2.42. The van der Waals surface area contributed by atoms with Gasteiger partial charge in [-0.15, -0.1) is 0 Å². The van der Waals surface area contributed by atoms with E-state index in [0.29, 0.717) is 4.68 Å². The Balaban J connectivity index is 2.74. The fourth-order valence-electron chi connectivity index (χ4n) is 1.92. The number of halogens is 3. The average molecular weight is 284 g/mol. The van der Waals surface area contributed by atoms with Crippen LogP contribution in [0.1, 0.15) is 27.3 Å². The van der Waals surface area contributed by atoms with Crippen molar-refractivity contribution in [3.63, 3.8) is 0 Å². The number of aryl methyl sites for hydroxylation is 2. The normalized spacial score (nSPS) is 11.7. The second-order valence-electron chi connectivity index (χ2n) is 4.36. The molecule has 0 radical (unpaired) electrons. The second-order valence-corrected chi connectivity index (χ2v) is 4.36. The van der Waals surface area contributed by atoms with Crippen LogP contribution in [-0.4, -0.2) is 20.9 Å². The van der Waals surface area contributed by atoms with Gasteiger partial charge in [0.1, 0.15) is 5.56 Å². The lowest BCUT2D eigenvalue weighted by atomic mass is 10.1. The Morgan fingerprint density at radius 3 is 2.20 bits per heavy atom. The van der Waals surface area contributed by atoms with Gasteiger partial charge in [0.2, 0.25) is 0 Å². The molecule has 2 aromatic rings. The van der Waals surface area contributed by atoms with Gasteiger partial charge in [-0.3, -0.25) is 0 Å². The van der Waals surface area contributed by atoms with Gasteiger partial charge >= 0.3 is 12.1 Å². The maximum absolute atomic E-state index is 13.1. The van der Waals surface area contributed by atoms with Crippen molar-refractivity contribution >= 4 is 5.97 Å². The first-order chi connectivity index (χ1) is 9.21. The van der Waals surface area contributed by atoms with E-state index in [1.54, 1.807) is 19.1 Å². The third-order valence-corrected chi connectivity index (χ3v) is 2.82. The van der Waals surface area contributed by atoms with Gasteiger partial charge in [0.25, 0.3) is 0 Å². The van der Waals surface area contributed by atoms with Crippen LogP contribution in [0.15, 0.2) is 24.3 Å². The fourth-order valence-corrected chi connectivity index (χ4v) is 1.92. The zero-order valence-corrected chi connectivity index (χ0v) is 10.7. The monoisotopic (exact) mass is 284 g/mol. The van der Waals surface area contributed by atoms with Crippen molar-refractivity contribution in [2.45, 2.75) is 20.0 Å². The van der Waals surface area contributed by atoms with Crippen molar-refractivity contribution in [1.29, 1.82) is 0 Å². The Morgan fingerprint density at radius 1 is 1.20 bits per heavy atom. The Hall–Kier alpha value is -2.31. The molecule has 0 amide bonds. The van der Waals surface area contributed by atoms with Gasteiger partial charge in [-0.2, -0.15) is 18.3 Å². The first kappa shape index (κ1) is 14.1. The number of carboxylic acids is 1. The number of aromatic carboxylic acids is 1. The smallest absolute Gasteiger partial charge is 0.434 e. The van der Waals surface area contributed by atoms with Gasteiger partial charge in [-0.1, -0.05) is 17.7 Å². The lowest BCUT2D eigenvalue weighted by Crippen LogP contribution is -2.17. The van der Waals surface area contributed by atoms with Crippen molar-refractivity contribution in [2.24, 2.45) is 0 Å². The van der Waals surface area contributed by atoms with E-state index in [2.05, 4.69) is 5.10 Å². The maximum atomic E-state index is 13.1. The summed E-state index contributed by atoms with van der Waals surface area (Å²) in [6, 6.07) is 6.19. The van der Waals surface area contributed by atoms with Gasteiger partial charge in [0.15, 0.2) is 5.69 Å². The van der Waals surface area contributed by atoms with Crippen LogP contribution in [0, 0.1) is 13.8 Å². The molecule has 106 valence electrons. The van der Waals surface area contributed by atoms with Crippen LogP contribution in [0.3, 0.4) is 0 Å². The summed E-state index contributed by atoms with van der Waals surface area (Å²) in [6.07, 6.45) is -4.81. The number of carboxylic acid groups (broad SMARTS) is 1. The molecule has 0 saturated heterocycles. The maximum Gasteiger partial charge on any atom is 0.434 e. The molecule has 0 fully saturated rings. The number of rotatable bonds is 2. The highest BCUT2D eigenvalue weighted by Crippen LogP contribution is 2.35. The van der Waals surface area contributed by atoms with Crippen molar-refractivity contribution in [2.75, 3.05) is 0 Å². The van der Waals surface area contributed by atoms with Gasteiger partial charge in [-0.05, 0) is 26.0 Å². The molecule has 4 nitrogen and oxygen atoms in total. The van der Waals surface area contributed by atoms with Crippen LogP contribution >= 0.6 is 0 Å². The Morgan fingerprint density at radius 2 is 1.75 bits per heavy atom. The lowest BCUT2D eigenvalue weighted by molar-refractivity contribution is -0.143. The summed E-state index contributed by atoms with van der Waals surface area (Å²) in [5.74, 6) is -1.65. The molecule has 1 heterocycles. The van der Waals surface area contributed by atoms with Crippen molar-refractivity contribution in [1.82, 2.24) is 9.78 Å². The fraction of sp³-hybridized carbons (Fsp3) is 0.231. The largest absolute Gasteiger partial charge is 0.478 e. The number of alkyl halides is 3. The molecule has 0 unspecified atom stereocenters. The van der Waals surface area contributed by atoms with Crippen molar-refractivity contribution < 1.29 is 23.1 Å². The van der Waals surface area contributed by atoms with Crippen LogP contribution < -0.4 is 0 Å². The number of nitrogens with zero attached hydrogens (tertiary/aromatic N) is 2. The highest BCUT2D eigenvalue weighted by molar-refractivity contribution is 5.90. The molecule has 20 heavy (non-hydrogen) atoms. The first-order valence-electron chi connectivity index (χ1n) is 5.69. The van der Waals surface area contributed by atoms with Gasteiger partial charge in [0, 0.05) is 0 Å². The summed E-state index contributed by atoms with van der Waals surface area (Å²) in [4.78, 5) is 11.0. The van der Waals surface area contributed by atoms with Crippen molar-refractivity contribution in [3.05, 3.63) is 46.8 Å². The van der Waals surface area contributed by atoms with E-state index in [-0.39, 0.29) is 11.4 Å². The minimum absolute atomic E-state index is 0.165.